The second kappa shape index (κ2) is 16.1. The van der Waals surface area contributed by atoms with Crippen LogP contribution in [0.15, 0.2) is 42.6 Å². The van der Waals surface area contributed by atoms with Gasteiger partial charge in [-0.25, -0.2) is 0 Å². The van der Waals surface area contributed by atoms with E-state index in [-0.39, 0.29) is 43.2 Å². The highest BCUT2D eigenvalue weighted by Gasteiger charge is 2.31. The molecule has 0 saturated heterocycles. The van der Waals surface area contributed by atoms with Crippen LogP contribution in [0.5, 0.6) is 0 Å². The predicted octanol–water partition coefficient (Wildman–Crippen LogP) is 7.20. The van der Waals surface area contributed by atoms with E-state index in [1.54, 1.807) is 55.3 Å². The number of carboxylic acid groups (broad SMARTS) is 1. The Balaban J connectivity index is 1.54. The van der Waals surface area contributed by atoms with Gasteiger partial charge in [-0.1, -0.05) is 39.8 Å². The number of nitrogens with one attached hydrogen (secondary N) is 2. The monoisotopic (exact) mass is 690 g/mol. The number of aliphatic hydroxyl groups excluding tert-OH is 1. The van der Waals surface area contributed by atoms with Gasteiger partial charge in [0.1, 0.15) is 5.00 Å². The number of aliphatic carboxylic acids is 1. The number of thiophene rings is 1. The minimum atomic E-state index is -1.01. The van der Waals surface area contributed by atoms with Crippen LogP contribution in [-0.4, -0.2) is 56.4 Å². The van der Waals surface area contributed by atoms with Crippen molar-refractivity contribution in [3.63, 3.8) is 0 Å². The number of aromatic nitrogens is 1. The van der Waals surface area contributed by atoms with Crippen molar-refractivity contribution in [2.45, 2.75) is 111 Å². The molecule has 0 radical (unpaired) electrons. The standard InChI is InChI=1S/C38H50N4O6S/c1-7-27(8-2)42(31(44)18-19-37(3,4)36(47)48)22-24-12-11-13-25(20-24)33(45)41-35-32(28-14-9-10-15-29(28)49-35)34(46)40-26-16-17-30(39-21-26)38(5,6)23-43/h11-13,16-17,20-21,27,43H,7-10,14-15,18-19,22-23H2,1-6H3,(H,40,46)(H,41,45)(H,47,48). The Morgan fingerprint density at radius 3 is 2.33 bits per heavy atom. The largest absolute Gasteiger partial charge is 0.481 e. The summed E-state index contributed by atoms with van der Waals surface area (Å²) in [5, 5.41) is 25.7. The fourth-order valence-electron chi connectivity index (χ4n) is 6.04. The van der Waals surface area contributed by atoms with Gasteiger partial charge in [-0.3, -0.25) is 24.2 Å². The Bertz CT molecular complexity index is 1660. The van der Waals surface area contributed by atoms with Gasteiger partial charge in [0.2, 0.25) is 5.91 Å². The zero-order valence-electron chi connectivity index (χ0n) is 29.5. The van der Waals surface area contributed by atoms with E-state index in [1.807, 2.05) is 33.8 Å². The van der Waals surface area contributed by atoms with Crippen molar-refractivity contribution < 1.29 is 29.4 Å². The fourth-order valence-corrected chi connectivity index (χ4v) is 7.32. The number of aliphatic hydroxyl groups is 1. The van der Waals surface area contributed by atoms with Gasteiger partial charge in [0.15, 0.2) is 0 Å². The second-order valence-electron chi connectivity index (χ2n) is 14.2. The lowest BCUT2D eigenvalue weighted by molar-refractivity contribution is -0.148. The van der Waals surface area contributed by atoms with Gasteiger partial charge >= 0.3 is 5.97 Å². The van der Waals surface area contributed by atoms with Crippen LogP contribution in [0.2, 0.25) is 0 Å². The number of carbonyl (C=O) groups excluding carboxylic acids is 3. The zero-order valence-corrected chi connectivity index (χ0v) is 30.3. The van der Waals surface area contributed by atoms with Crippen LogP contribution in [0, 0.1) is 5.41 Å². The van der Waals surface area contributed by atoms with Crippen LogP contribution in [0.4, 0.5) is 10.7 Å². The third kappa shape index (κ3) is 9.13. The van der Waals surface area contributed by atoms with Crippen molar-refractivity contribution in [1.29, 1.82) is 0 Å². The number of hydrogen-bond acceptors (Lipinski definition) is 7. The summed E-state index contributed by atoms with van der Waals surface area (Å²) in [7, 11) is 0. The Morgan fingerprint density at radius 2 is 1.69 bits per heavy atom. The van der Waals surface area contributed by atoms with Gasteiger partial charge in [-0.05, 0) is 94.2 Å². The summed E-state index contributed by atoms with van der Waals surface area (Å²) in [5.41, 5.74) is 2.34. The molecule has 49 heavy (non-hydrogen) atoms. The smallest absolute Gasteiger partial charge is 0.309 e. The number of hydrogen-bond donors (Lipinski definition) is 4. The lowest BCUT2D eigenvalue weighted by Gasteiger charge is -2.32. The topological polar surface area (TPSA) is 149 Å². The van der Waals surface area contributed by atoms with Crippen LogP contribution in [0.25, 0.3) is 0 Å². The average Bonchev–Trinajstić information content (AvgIpc) is 3.45. The van der Waals surface area contributed by atoms with Gasteiger partial charge in [-0.15, -0.1) is 11.3 Å². The van der Waals surface area contributed by atoms with Crippen molar-refractivity contribution in [2.75, 3.05) is 17.2 Å². The number of fused-ring (bicyclic) bond motifs is 1. The Labute approximate surface area is 293 Å². The van der Waals surface area contributed by atoms with E-state index in [0.717, 1.165) is 54.5 Å². The normalized spacial score (nSPS) is 13.1. The second-order valence-corrected chi connectivity index (χ2v) is 15.3. The van der Waals surface area contributed by atoms with E-state index in [4.69, 9.17) is 0 Å². The molecule has 10 nitrogen and oxygen atoms in total. The molecule has 0 saturated carbocycles. The van der Waals surface area contributed by atoms with Crippen LogP contribution in [0.3, 0.4) is 0 Å². The van der Waals surface area contributed by atoms with Gasteiger partial charge in [-0.2, -0.15) is 0 Å². The van der Waals surface area contributed by atoms with E-state index >= 15 is 0 Å². The summed E-state index contributed by atoms with van der Waals surface area (Å²) in [6, 6.07) is 10.7. The maximum absolute atomic E-state index is 13.7. The van der Waals surface area contributed by atoms with Crippen LogP contribution < -0.4 is 10.6 Å². The van der Waals surface area contributed by atoms with Crippen LogP contribution >= 0.6 is 11.3 Å². The maximum atomic E-state index is 13.7. The summed E-state index contributed by atoms with van der Waals surface area (Å²) in [6.07, 6.45) is 7.01. The quantitative estimate of drug-likeness (QED) is 0.132. The molecule has 11 heteroatoms. The molecule has 1 aliphatic rings. The minimum absolute atomic E-state index is 0.0241. The van der Waals surface area contributed by atoms with Crippen molar-refractivity contribution >= 4 is 45.7 Å². The molecule has 3 amide bonds. The molecule has 2 heterocycles. The molecular weight excluding hydrogens is 641 g/mol. The first kappa shape index (κ1) is 37.7. The van der Waals surface area contributed by atoms with Gasteiger partial charge in [0.05, 0.1) is 29.5 Å². The van der Waals surface area contributed by atoms with Crippen molar-refractivity contribution in [1.82, 2.24) is 9.88 Å². The molecule has 0 fully saturated rings. The molecule has 0 unspecified atom stereocenters. The van der Waals surface area contributed by atoms with E-state index in [9.17, 15) is 29.4 Å². The van der Waals surface area contributed by atoms with Gasteiger partial charge in [0.25, 0.3) is 11.8 Å². The van der Waals surface area contributed by atoms with E-state index in [2.05, 4.69) is 15.6 Å². The molecule has 1 aliphatic carbocycles. The van der Waals surface area contributed by atoms with Crippen LogP contribution in [-0.2, 0) is 34.4 Å². The summed E-state index contributed by atoms with van der Waals surface area (Å²) < 4.78 is 0. The fraction of sp³-hybridized carbons (Fsp3) is 0.500. The average molecular weight is 691 g/mol. The van der Waals surface area contributed by atoms with Crippen molar-refractivity contribution in [3.05, 3.63) is 75.4 Å². The number of pyridine rings is 1. The predicted molar refractivity (Wildman–Crippen MR) is 193 cm³/mol. The van der Waals surface area contributed by atoms with Crippen molar-refractivity contribution in [2.24, 2.45) is 5.41 Å². The number of rotatable bonds is 15. The van der Waals surface area contributed by atoms with E-state index in [1.165, 1.54) is 11.3 Å². The number of anilines is 2. The summed E-state index contributed by atoms with van der Waals surface area (Å²) in [5.74, 6) is -1.71. The summed E-state index contributed by atoms with van der Waals surface area (Å²) >= 11 is 1.44. The maximum Gasteiger partial charge on any atom is 0.309 e. The third-order valence-electron chi connectivity index (χ3n) is 9.52. The molecule has 0 atom stereocenters. The first-order valence-corrected chi connectivity index (χ1v) is 18.0. The van der Waals surface area contributed by atoms with Crippen molar-refractivity contribution in [3.8, 4) is 0 Å². The molecule has 2 aromatic heterocycles. The molecule has 0 spiro atoms. The number of carbonyl (C=O) groups is 4. The molecule has 4 N–H and O–H groups in total. The first-order valence-electron chi connectivity index (χ1n) is 17.2. The summed E-state index contributed by atoms with van der Waals surface area (Å²) in [4.78, 5) is 59.9. The van der Waals surface area contributed by atoms with Gasteiger partial charge in [0, 0.05) is 40.6 Å². The van der Waals surface area contributed by atoms with E-state index in [0.29, 0.717) is 34.1 Å². The molecular formula is C38H50N4O6S. The lowest BCUT2D eigenvalue weighted by atomic mass is 9.87. The molecule has 4 rings (SSSR count). The highest BCUT2D eigenvalue weighted by atomic mass is 32.1. The molecule has 1 aromatic carbocycles. The minimum Gasteiger partial charge on any atom is -0.481 e. The number of amides is 3. The first-order chi connectivity index (χ1) is 23.2. The highest BCUT2D eigenvalue weighted by Crippen LogP contribution is 2.39. The van der Waals surface area contributed by atoms with E-state index < -0.39 is 16.8 Å². The zero-order chi connectivity index (χ0) is 35.9. The number of aryl methyl sites for hydroxylation is 1. The molecule has 3 aromatic rings. The molecule has 264 valence electrons. The lowest BCUT2D eigenvalue weighted by Crippen LogP contribution is -2.40. The van der Waals surface area contributed by atoms with Crippen LogP contribution in [0.1, 0.15) is 122 Å². The molecule has 0 bridgehead atoms. The summed E-state index contributed by atoms with van der Waals surface area (Å²) in [6.45, 7) is 11.3. The Morgan fingerprint density at radius 1 is 0.980 bits per heavy atom. The Hall–Kier alpha value is -4.09. The van der Waals surface area contributed by atoms with Gasteiger partial charge < -0.3 is 25.7 Å². The number of nitrogens with zero attached hydrogens (tertiary/aromatic N) is 2. The Kier molecular flexibility index (Phi) is 12.4. The highest BCUT2D eigenvalue weighted by molar-refractivity contribution is 7.17. The SMILES string of the molecule is CCC(CC)N(Cc1cccc(C(=O)Nc2sc3c(c2C(=O)Nc2ccc(C(C)(C)CO)nc2)CCCC3)c1)C(=O)CCC(C)(C)C(=O)O. The molecule has 0 aliphatic heterocycles. The number of carboxylic acids is 1. The number of benzene rings is 1. The third-order valence-corrected chi connectivity index (χ3v) is 10.7.